The summed E-state index contributed by atoms with van der Waals surface area (Å²) in [5, 5.41) is 4.74. The molecule has 0 unspecified atom stereocenters. The second-order valence-electron chi connectivity index (χ2n) is 4.86. The highest BCUT2D eigenvalue weighted by Gasteiger charge is 2.08. The molecule has 0 N–H and O–H groups in total. The Kier molecular flexibility index (Phi) is 2.75. The smallest absolute Gasteiger partial charge is 0.154 e. The van der Waals surface area contributed by atoms with E-state index in [-0.39, 0.29) is 0 Å². The summed E-state index contributed by atoms with van der Waals surface area (Å²) in [4.78, 5) is 4.43. The first kappa shape index (κ1) is 11.9. The van der Waals surface area contributed by atoms with E-state index in [9.17, 15) is 0 Å². The van der Waals surface area contributed by atoms with Crippen LogP contribution in [0.4, 0.5) is 0 Å². The molecule has 0 fully saturated rings. The highest BCUT2D eigenvalue weighted by atomic mass is 15.3. The molecule has 0 spiro atoms. The highest BCUT2D eigenvalue weighted by Crippen LogP contribution is 2.22. The summed E-state index contributed by atoms with van der Waals surface area (Å²) in [7, 11) is 0. The van der Waals surface area contributed by atoms with Crippen LogP contribution in [0.2, 0.25) is 0 Å². The minimum atomic E-state index is 0.855. The predicted octanol–water partition coefficient (Wildman–Crippen LogP) is 4.06. The minimum absolute atomic E-state index is 0.855. The van der Waals surface area contributed by atoms with Crippen LogP contribution in [0.1, 0.15) is 0 Å². The van der Waals surface area contributed by atoms with Crippen molar-refractivity contribution in [2.24, 2.45) is 0 Å². The molecule has 0 aliphatic rings. The molecule has 0 amide bonds. The lowest BCUT2D eigenvalue weighted by Gasteiger charge is -2.04. The zero-order valence-electron chi connectivity index (χ0n) is 11.3. The summed E-state index contributed by atoms with van der Waals surface area (Å²) in [5.41, 5.74) is 5.02. The van der Waals surface area contributed by atoms with Crippen LogP contribution in [-0.2, 0) is 0 Å². The van der Waals surface area contributed by atoms with Crippen LogP contribution in [0.3, 0.4) is 0 Å². The largest absolute Gasteiger partial charge is 0.235 e. The summed E-state index contributed by atoms with van der Waals surface area (Å²) in [6.45, 7) is 0. The van der Waals surface area contributed by atoms with Gasteiger partial charge >= 0.3 is 0 Å². The summed E-state index contributed by atoms with van der Waals surface area (Å²) in [6, 6.07) is 24.4. The number of hydrogen-bond acceptors (Lipinski definition) is 2. The number of rotatable bonds is 2. The molecule has 0 saturated carbocycles. The lowest BCUT2D eigenvalue weighted by Crippen LogP contribution is -1.96. The van der Waals surface area contributed by atoms with Crippen molar-refractivity contribution in [3.63, 3.8) is 0 Å². The van der Waals surface area contributed by atoms with E-state index in [1.54, 1.807) is 0 Å². The van der Waals surface area contributed by atoms with Crippen molar-refractivity contribution < 1.29 is 0 Å². The maximum atomic E-state index is 4.74. The fraction of sp³-hybridized carbons (Fsp3) is 0. The molecule has 100 valence electrons. The maximum absolute atomic E-state index is 4.74. The Labute approximate surface area is 122 Å². The van der Waals surface area contributed by atoms with Gasteiger partial charge in [0.1, 0.15) is 0 Å². The summed E-state index contributed by atoms with van der Waals surface area (Å²) >= 11 is 0. The van der Waals surface area contributed by atoms with Crippen LogP contribution in [0.15, 0.2) is 79.0 Å². The Bertz CT molecular complexity index is 880. The van der Waals surface area contributed by atoms with E-state index >= 15 is 0 Å². The van der Waals surface area contributed by atoms with Gasteiger partial charge in [0, 0.05) is 11.1 Å². The highest BCUT2D eigenvalue weighted by molar-refractivity contribution is 5.65. The molecule has 3 nitrogen and oxygen atoms in total. The molecule has 4 aromatic rings. The van der Waals surface area contributed by atoms with Gasteiger partial charge in [-0.25, -0.2) is 9.50 Å². The van der Waals surface area contributed by atoms with Crippen LogP contribution in [0, 0.1) is 0 Å². The van der Waals surface area contributed by atoms with Gasteiger partial charge < -0.3 is 0 Å². The minimum Gasteiger partial charge on any atom is -0.235 e. The van der Waals surface area contributed by atoms with Crippen molar-refractivity contribution in [3.05, 3.63) is 79.0 Å². The fourth-order valence-corrected chi connectivity index (χ4v) is 2.44. The molecule has 0 aliphatic heterocycles. The van der Waals surface area contributed by atoms with Gasteiger partial charge in [-0.05, 0) is 12.1 Å². The molecule has 2 heterocycles. The van der Waals surface area contributed by atoms with Gasteiger partial charge in [0.05, 0.1) is 17.6 Å². The number of aromatic nitrogens is 3. The fourth-order valence-electron chi connectivity index (χ4n) is 2.44. The maximum Gasteiger partial charge on any atom is 0.154 e. The Morgan fingerprint density at radius 1 is 0.667 bits per heavy atom. The van der Waals surface area contributed by atoms with Crippen molar-refractivity contribution in [1.29, 1.82) is 0 Å². The SMILES string of the molecule is c1ccc(-c2ccc3ncc(-c4ccccc4)n3n2)cc1. The number of nitrogens with zero attached hydrogens (tertiary/aromatic N) is 3. The number of fused-ring (bicyclic) bond motifs is 1. The van der Waals surface area contributed by atoms with E-state index in [2.05, 4.69) is 29.2 Å². The molecule has 0 aliphatic carbocycles. The lowest BCUT2D eigenvalue weighted by atomic mass is 10.1. The molecule has 2 aromatic heterocycles. The van der Waals surface area contributed by atoms with E-state index in [1.165, 1.54) is 0 Å². The van der Waals surface area contributed by atoms with Crippen LogP contribution in [0.25, 0.3) is 28.2 Å². The van der Waals surface area contributed by atoms with Gasteiger partial charge in [-0.3, -0.25) is 0 Å². The van der Waals surface area contributed by atoms with E-state index in [1.807, 2.05) is 59.2 Å². The van der Waals surface area contributed by atoms with E-state index in [4.69, 9.17) is 5.10 Å². The standard InChI is InChI=1S/C18H13N3/c1-3-7-14(8-4-1)16-11-12-18-19-13-17(21(18)20-16)15-9-5-2-6-10-15/h1-13H. The van der Waals surface area contributed by atoms with Crippen molar-refractivity contribution in [2.45, 2.75) is 0 Å². The summed E-state index contributed by atoms with van der Waals surface area (Å²) in [5.74, 6) is 0. The number of hydrogen-bond donors (Lipinski definition) is 0. The van der Waals surface area contributed by atoms with E-state index in [0.717, 1.165) is 28.2 Å². The van der Waals surface area contributed by atoms with Crippen LogP contribution in [-0.4, -0.2) is 14.6 Å². The zero-order valence-corrected chi connectivity index (χ0v) is 11.3. The Morgan fingerprint density at radius 3 is 2.05 bits per heavy atom. The average molecular weight is 271 g/mol. The summed E-state index contributed by atoms with van der Waals surface area (Å²) in [6.07, 6.45) is 1.87. The van der Waals surface area contributed by atoms with Gasteiger partial charge in [-0.2, -0.15) is 5.10 Å². The predicted molar refractivity (Wildman–Crippen MR) is 83.9 cm³/mol. The van der Waals surface area contributed by atoms with Crippen molar-refractivity contribution in [2.75, 3.05) is 0 Å². The molecule has 21 heavy (non-hydrogen) atoms. The van der Waals surface area contributed by atoms with Gasteiger partial charge in [-0.15, -0.1) is 0 Å². The average Bonchev–Trinajstić information content (AvgIpc) is 2.99. The second-order valence-corrected chi connectivity index (χ2v) is 4.86. The lowest BCUT2D eigenvalue weighted by molar-refractivity contribution is 0.949. The van der Waals surface area contributed by atoms with E-state index < -0.39 is 0 Å². The molecule has 0 atom stereocenters. The monoisotopic (exact) mass is 271 g/mol. The van der Waals surface area contributed by atoms with Gasteiger partial charge in [-0.1, -0.05) is 60.7 Å². The van der Waals surface area contributed by atoms with Crippen molar-refractivity contribution >= 4 is 5.65 Å². The first-order chi connectivity index (χ1) is 10.4. The zero-order chi connectivity index (χ0) is 14.1. The Morgan fingerprint density at radius 2 is 1.33 bits per heavy atom. The topological polar surface area (TPSA) is 30.2 Å². The Balaban J connectivity index is 1.91. The molecule has 0 radical (unpaired) electrons. The molecule has 2 aromatic carbocycles. The molecule has 0 saturated heterocycles. The Hall–Kier alpha value is -2.94. The van der Waals surface area contributed by atoms with Gasteiger partial charge in [0.25, 0.3) is 0 Å². The van der Waals surface area contributed by atoms with Crippen LogP contribution < -0.4 is 0 Å². The van der Waals surface area contributed by atoms with Crippen molar-refractivity contribution in [3.8, 4) is 22.5 Å². The third-order valence-corrected chi connectivity index (χ3v) is 3.50. The first-order valence-electron chi connectivity index (χ1n) is 6.87. The third kappa shape index (κ3) is 2.09. The second kappa shape index (κ2) is 4.87. The first-order valence-corrected chi connectivity index (χ1v) is 6.87. The van der Waals surface area contributed by atoms with Crippen LogP contribution >= 0.6 is 0 Å². The van der Waals surface area contributed by atoms with Gasteiger partial charge in [0.2, 0.25) is 0 Å². The third-order valence-electron chi connectivity index (χ3n) is 3.50. The molecular formula is C18H13N3. The van der Waals surface area contributed by atoms with Gasteiger partial charge in [0.15, 0.2) is 5.65 Å². The molecule has 4 rings (SSSR count). The van der Waals surface area contributed by atoms with E-state index in [0.29, 0.717) is 0 Å². The van der Waals surface area contributed by atoms with Crippen molar-refractivity contribution in [1.82, 2.24) is 14.6 Å². The molecular weight excluding hydrogens is 258 g/mol. The normalized spacial score (nSPS) is 10.9. The van der Waals surface area contributed by atoms with Crippen LogP contribution in [0.5, 0.6) is 0 Å². The molecule has 3 heteroatoms. The summed E-state index contributed by atoms with van der Waals surface area (Å²) < 4.78 is 1.90. The quantitative estimate of drug-likeness (QED) is 0.550. The number of imidazole rings is 1. The number of benzene rings is 2. The molecule has 0 bridgehead atoms.